The summed E-state index contributed by atoms with van der Waals surface area (Å²) in [6.07, 6.45) is 3.14. The summed E-state index contributed by atoms with van der Waals surface area (Å²) in [7, 11) is 1.55. The van der Waals surface area contributed by atoms with E-state index in [1.54, 1.807) is 26.3 Å². The van der Waals surface area contributed by atoms with Gasteiger partial charge in [0, 0.05) is 29.9 Å². The fourth-order valence-corrected chi connectivity index (χ4v) is 2.64. The summed E-state index contributed by atoms with van der Waals surface area (Å²) >= 11 is 0. The zero-order valence-electron chi connectivity index (χ0n) is 13.3. The number of halogens is 1. The van der Waals surface area contributed by atoms with Gasteiger partial charge >= 0.3 is 0 Å². The first-order valence-corrected chi connectivity index (χ1v) is 7.34. The molecule has 1 N–H and O–H groups in total. The molecule has 0 amide bonds. The van der Waals surface area contributed by atoms with Crippen molar-refractivity contribution in [2.24, 2.45) is 0 Å². The molecule has 2 aromatic heterocycles. The van der Waals surface area contributed by atoms with E-state index in [0.29, 0.717) is 34.6 Å². The Balaban J connectivity index is 2.06. The van der Waals surface area contributed by atoms with E-state index < -0.39 is 0 Å². The van der Waals surface area contributed by atoms with E-state index in [1.165, 1.54) is 18.3 Å². The molecule has 2 heterocycles. The fourth-order valence-electron chi connectivity index (χ4n) is 2.64. The van der Waals surface area contributed by atoms with Gasteiger partial charge in [-0.1, -0.05) is 6.07 Å². The summed E-state index contributed by atoms with van der Waals surface area (Å²) in [5.41, 5.74) is 3.13. The lowest BCUT2D eigenvalue weighted by Crippen LogP contribution is -2.05. The second kappa shape index (κ2) is 6.50. The van der Waals surface area contributed by atoms with Crippen LogP contribution in [0.5, 0.6) is 5.88 Å². The molecule has 3 aromatic rings. The Labute approximate surface area is 138 Å². The third kappa shape index (κ3) is 2.84. The SMILES string of the molecule is COc1ncccc1CNc1c(C#N)cnc2c(C)cc(F)cc12. The Bertz CT molecular complexity index is 950. The Morgan fingerprint density at radius 2 is 2.17 bits per heavy atom. The van der Waals surface area contributed by atoms with Crippen molar-refractivity contribution in [3.63, 3.8) is 0 Å². The summed E-state index contributed by atoms with van der Waals surface area (Å²) in [5, 5.41) is 13.1. The number of hydrogen-bond donors (Lipinski definition) is 1. The number of aryl methyl sites for hydroxylation is 1. The maximum Gasteiger partial charge on any atom is 0.218 e. The highest BCUT2D eigenvalue weighted by atomic mass is 19.1. The van der Waals surface area contributed by atoms with Gasteiger partial charge in [-0.25, -0.2) is 9.37 Å². The summed E-state index contributed by atoms with van der Waals surface area (Å²) < 4.78 is 19.1. The van der Waals surface area contributed by atoms with Gasteiger partial charge in [0.25, 0.3) is 0 Å². The smallest absolute Gasteiger partial charge is 0.218 e. The number of hydrogen-bond acceptors (Lipinski definition) is 5. The number of ether oxygens (including phenoxy) is 1. The molecule has 0 fully saturated rings. The number of nitrogens with zero attached hydrogens (tertiary/aromatic N) is 3. The Hall–Kier alpha value is -3.20. The Morgan fingerprint density at radius 3 is 2.92 bits per heavy atom. The minimum atomic E-state index is -0.362. The molecule has 120 valence electrons. The minimum Gasteiger partial charge on any atom is -0.481 e. The molecule has 0 aliphatic rings. The third-order valence-corrected chi connectivity index (χ3v) is 3.75. The van der Waals surface area contributed by atoms with Crippen molar-refractivity contribution in [3.8, 4) is 11.9 Å². The first-order valence-electron chi connectivity index (χ1n) is 7.34. The van der Waals surface area contributed by atoms with Crippen molar-refractivity contribution in [2.75, 3.05) is 12.4 Å². The van der Waals surface area contributed by atoms with Crippen LogP contribution in [0.25, 0.3) is 10.9 Å². The number of nitriles is 1. The molecule has 3 rings (SSSR count). The first kappa shape index (κ1) is 15.7. The zero-order valence-corrected chi connectivity index (χ0v) is 13.3. The number of fused-ring (bicyclic) bond motifs is 1. The van der Waals surface area contributed by atoms with Gasteiger partial charge < -0.3 is 10.1 Å². The molecule has 0 atom stereocenters. The highest BCUT2D eigenvalue weighted by Crippen LogP contribution is 2.29. The molecule has 0 saturated carbocycles. The number of benzene rings is 1. The quantitative estimate of drug-likeness (QED) is 0.795. The van der Waals surface area contributed by atoms with Gasteiger partial charge in [-0.05, 0) is 30.7 Å². The molecule has 6 heteroatoms. The number of rotatable bonds is 4. The highest BCUT2D eigenvalue weighted by molar-refractivity contribution is 5.95. The van der Waals surface area contributed by atoms with E-state index in [9.17, 15) is 9.65 Å². The number of pyridine rings is 2. The second-order valence-corrected chi connectivity index (χ2v) is 5.30. The average molecular weight is 322 g/mol. The van der Waals surface area contributed by atoms with Crippen LogP contribution in [-0.4, -0.2) is 17.1 Å². The molecule has 0 aliphatic heterocycles. The van der Waals surface area contributed by atoms with Gasteiger partial charge in [-0.15, -0.1) is 0 Å². The lowest BCUT2D eigenvalue weighted by atomic mass is 10.1. The predicted octanol–water partition coefficient (Wildman–Crippen LogP) is 3.57. The summed E-state index contributed by atoms with van der Waals surface area (Å²) in [4.78, 5) is 8.42. The van der Waals surface area contributed by atoms with E-state index >= 15 is 0 Å². The molecule has 0 spiro atoms. The van der Waals surface area contributed by atoms with Gasteiger partial charge in [0.1, 0.15) is 11.9 Å². The summed E-state index contributed by atoms with van der Waals surface area (Å²) in [6.45, 7) is 2.18. The molecular weight excluding hydrogens is 307 g/mol. The third-order valence-electron chi connectivity index (χ3n) is 3.75. The summed E-state index contributed by atoms with van der Waals surface area (Å²) in [6, 6.07) is 8.59. The zero-order chi connectivity index (χ0) is 17.1. The van der Waals surface area contributed by atoms with Gasteiger partial charge in [-0.2, -0.15) is 5.26 Å². The molecular formula is C18H15FN4O. The van der Waals surface area contributed by atoms with Crippen LogP contribution in [0, 0.1) is 24.1 Å². The Morgan fingerprint density at radius 1 is 1.33 bits per heavy atom. The number of anilines is 1. The topological polar surface area (TPSA) is 70.8 Å². The van der Waals surface area contributed by atoms with E-state index in [1.807, 2.05) is 6.07 Å². The molecule has 0 aliphatic carbocycles. The van der Waals surface area contributed by atoms with Crippen molar-refractivity contribution in [1.82, 2.24) is 9.97 Å². The highest BCUT2D eigenvalue weighted by Gasteiger charge is 2.13. The van der Waals surface area contributed by atoms with E-state index in [-0.39, 0.29) is 5.82 Å². The van der Waals surface area contributed by atoms with Crippen molar-refractivity contribution in [1.29, 1.82) is 5.26 Å². The van der Waals surface area contributed by atoms with Gasteiger partial charge in [0.05, 0.1) is 23.9 Å². The molecule has 24 heavy (non-hydrogen) atoms. The predicted molar refractivity (Wildman–Crippen MR) is 89.3 cm³/mol. The summed E-state index contributed by atoms with van der Waals surface area (Å²) in [5.74, 6) is 0.142. The monoisotopic (exact) mass is 322 g/mol. The van der Waals surface area contributed by atoms with E-state index in [4.69, 9.17) is 4.74 Å². The van der Waals surface area contributed by atoms with Crippen molar-refractivity contribution < 1.29 is 9.13 Å². The minimum absolute atomic E-state index is 0.357. The van der Waals surface area contributed by atoms with Crippen LogP contribution in [0.3, 0.4) is 0 Å². The van der Waals surface area contributed by atoms with Crippen LogP contribution >= 0.6 is 0 Å². The molecule has 0 radical (unpaired) electrons. The van der Waals surface area contributed by atoms with Gasteiger partial charge in [0.2, 0.25) is 5.88 Å². The number of nitrogens with one attached hydrogen (secondary N) is 1. The second-order valence-electron chi connectivity index (χ2n) is 5.30. The van der Waals surface area contributed by atoms with Crippen LogP contribution in [0.1, 0.15) is 16.7 Å². The van der Waals surface area contributed by atoms with E-state index in [2.05, 4.69) is 21.4 Å². The van der Waals surface area contributed by atoms with Crippen molar-refractivity contribution in [3.05, 3.63) is 59.2 Å². The fraction of sp³-hybridized carbons (Fsp3) is 0.167. The normalized spacial score (nSPS) is 10.4. The molecule has 0 saturated heterocycles. The number of methoxy groups -OCH3 is 1. The maximum absolute atomic E-state index is 13.8. The standard InChI is InChI=1S/C18H15FN4O/c1-11-6-14(19)7-15-16(11)22-10-13(8-20)17(15)23-9-12-4-3-5-21-18(12)24-2/h3-7,10H,9H2,1-2H3,(H,22,23). The van der Waals surface area contributed by atoms with Crippen LogP contribution in [0.4, 0.5) is 10.1 Å². The van der Waals surface area contributed by atoms with Crippen LogP contribution in [0.2, 0.25) is 0 Å². The van der Waals surface area contributed by atoms with Crippen LogP contribution < -0.4 is 10.1 Å². The van der Waals surface area contributed by atoms with Crippen LogP contribution in [0.15, 0.2) is 36.7 Å². The molecule has 5 nitrogen and oxygen atoms in total. The van der Waals surface area contributed by atoms with Crippen LogP contribution in [-0.2, 0) is 6.54 Å². The van der Waals surface area contributed by atoms with Gasteiger partial charge in [-0.3, -0.25) is 4.98 Å². The molecule has 1 aromatic carbocycles. The average Bonchev–Trinajstić information content (AvgIpc) is 2.59. The van der Waals surface area contributed by atoms with Gasteiger partial charge in [0.15, 0.2) is 0 Å². The Kier molecular flexibility index (Phi) is 4.25. The van der Waals surface area contributed by atoms with E-state index in [0.717, 1.165) is 11.1 Å². The van der Waals surface area contributed by atoms with Crippen molar-refractivity contribution in [2.45, 2.75) is 13.5 Å². The maximum atomic E-state index is 13.8. The van der Waals surface area contributed by atoms with Crippen molar-refractivity contribution >= 4 is 16.6 Å². The lowest BCUT2D eigenvalue weighted by molar-refractivity contribution is 0.393. The molecule has 0 unspecified atom stereocenters. The lowest BCUT2D eigenvalue weighted by Gasteiger charge is -2.14. The molecule has 0 bridgehead atoms. The largest absolute Gasteiger partial charge is 0.481 e. The first-order chi connectivity index (χ1) is 11.6. The number of aromatic nitrogens is 2.